The highest BCUT2D eigenvalue weighted by atomic mass is 19.1. The van der Waals surface area contributed by atoms with Crippen LogP contribution >= 0.6 is 0 Å². The Labute approximate surface area is 120 Å². The molecule has 1 aliphatic rings. The second kappa shape index (κ2) is 7.04. The van der Waals surface area contributed by atoms with Crippen LogP contribution in [-0.4, -0.2) is 38.6 Å². The summed E-state index contributed by atoms with van der Waals surface area (Å²) in [5.74, 6) is 0.834. The molecular formula is C16H24FNO2. The molecule has 1 aromatic carbocycles. The predicted molar refractivity (Wildman–Crippen MR) is 78.1 cm³/mol. The molecular weight excluding hydrogens is 257 g/mol. The first kappa shape index (κ1) is 15.3. The minimum Gasteiger partial charge on any atom is -0.497 e. The minimum absolute atomic E-state index is 0.134. The number of hydrogen-bond acceptors (Lipinski definition) is 3. The van der Waals surface area contributed by atoms with Gasteiger partial charge in [0.15, 0.2) is 0 Å². The summed E-state index contributed by atoms with van der Waals surface area (Å²) in [6.07, 6.45) is 1.77. The maximum atomic E-state index is 14.6. The lowest BCUT2D eigenvalue weighted by Gasteiger charge is -2.30. The van der Waals surface area contributed by atoms with Crippen molar-refractivity contribution in [1.29, 1.82) is 0 Å². The van der Waals surface area contributed by atoms with E-state index in [1.165, 1.54) is 0 Å². The van der Waals surface area contributed by atoms with Gasteiger partial charge in [-0.2, -0.15) is 0 Å². The molecule has 1 fully saturated rings. The van der Waals surface area contributed by atoms with Crippen LogP contribution in [0.1, 0.15) is 25.3 Å². The Bertz CT molecular complexity index is 399. The van der Waals surface area contributed by atoms with E-state index in [2.05, 4.69) is 5.32 Å². The van der Waals surface area contributed by atoms with E-state index in [4.69, 9.17) is 9.47 Å². The van der Waals surface area contributed by atoms with Gasteiger partial charge >= 0.3 is 0 Å². The van der Waals surface area contributed by atoms with E-state index < -0.39 is 5.67 Å². The number of morpholine rings is 1. The Morgan fingerprint density at radius 2 is 2.15 bits per heavy atom. The summed E-state index contributed by atoms with van der Waals surface area (Å²) in [6, 6.07) is 7.96. The SMILES string of the molecule is COc1ccc(CCC(C)(F)CC2COCCN2)cc1. The summed E-state index contributed by atoms with van der Waals surface area (Å²) < 4.78 is 25.1. The first-order valence-corrected chi connectivity index (χ1v) is 7.22. The van der Waals surface area contributed by atoms with Gasteiger partial charge in [-0.3, -0.25) is 0 Å². The van der Waals surface area contributed by atoms with E-state index in [0.717, 1.165) is 30.9 Å². The van der Waals surface area contributed by atoms with Crippen LogP contribution in [0.15, 0.2) is 24.3 Å². The van der Waals surface area contributed by atoms with E-state index >= 15 is 0 Å². The van der Waals surface area contributed by atoms with Crippen molar-refractivity contribution in [2.75, 3.05) is 26.9 Å². The van der Waals surface area contributed by atoms with Crippen LogP contribution < -0.4 is 10.1 Å². The first-order chi connectivity index (χ1) is 9.59. The van der Waals surface area contributed by atoms with Crippen LogP contribution in [-0.2, 0) is 11.2 Å². The van der Waals surface area contributed by atoms with Gasteiger partial charge < -0.3 is 14.8 Å². The largest absolute Gasteiger partial charge is 0.497 e. The van der Waals surface area contributed by atoms with Crippen molar-refractivity contribution < 1.29 is 13.9 Å². The van der Waals surface area contributed by atoms with Crippen LogP contribution in [0, 0.1) is 0 Å². The molecule has 0 saturated carbocycles. The van der Waals surface area contributed by atoms with E-state index in [9.17, 15) is 4.39 Å². The van der Waals surface area contributed by atoms with Gasteiger partial charge in [0.2, 0.25) is 0 Å². The van der Waals surface area contributed by atoms with Crippen molar-refractivity contribution in [3.8, 4) is 5.75 Å². The number of hydrogen-bond donors (Lipinski definition) is 1. The lowest BCUT2D eigenvalue weighted by molar-refractivity contribution is 0.0460. The van der Waals surface area contributed by atoms with Crippen LogP contribution in [0.4, 0.5) is 4.39 Å². The monoisotopic (exact) mass is 281 g/mol. The highest BCUT2D eigenvalue weighted by Crippen LogP contribution is 2.25. The Morgan fingerprint density at radius 3 is 2.75 bits per heavy atom. The lowest BCUT2D eigenvalue weighted by atomic mass is 9.91. The average molecular weight is 281 g/mol. The Kier molecular flexibility index (Phi) is 5.38. The number of nitrogens with one attached hydrogen (secondary N) is 1. The molecule has 20 heavy (non-hydrogen) atoms. The van der Waals surface area contributed by atoms with Crippen LogP contribution in [0.3, 0.4) is 0 Å². The van der Waals surface area contributed by atoms with Crippen molar-refractivity contribution in [3.05, 3.63) is 29.8 Å². The molecule has 3 nitrogen and oxygen atoms in total. The molecule has 2 atom stereocenters. The van der Waals surface area contributed by atoms with Gasteiger partial charge in [-0.1, -0.05) is 12.1 Å². The number of aryl methyl sites for hydroxylation is 1. The molecule has 4 heteroatoms. The lowest BCUT2D eigenvalue weighted by Crippen LogP contribution is -2.44. The summed E-state index contributed by atoms with van der Waals surface area (Å²) in [5.41, 5.74) is -0.0271. The topological polar surface area (TPSA) is 30.5 Å². The van der Waals surface area contributed by atoms with Gasteiger partial charge in [-0.05, 0) is 43.9 Å². The molecule has 112 valence electrons. The molecule has 1 aromatic rings. The third kappa shape index (κ3) is 4.76. The standard InChI is InChI=1S/C16H24FNO2/c1-16(17,11-14-12-20-10-9-18-14)8-7-13-3-5-15(19-2)6-4-13/h3-6,14,18H,7-12H2,1-2H3. The predicted octanol–water partition coefficient (Wildman–Crippen LogP) is 2.73. The molecule has 1 aliphatic heterocycles. The quantitative estimate of drug-likeness (QED) is 0.869. The van der Waals surface area contributed by atoms with Gasteiger partial charge in [0.1, 0.15) is 11.4 Å². The summed E-state index contributed by atoms with van der Waals surface area (Å²) in [6.45, 7) is 3.85. The maximum Gasteiger partial charge on any atom is 0.118 e. The number of alkyl halides is 1. The third-order valence-electron chi connectivity index (χ3n) is 3.76. The maximum absolute atomic E-state index is 14.6. The first-order valence-electron chi connectivity index (χ1n) is 7.22. The smallest absolute Gasteiger partial charge is 0.118 e. The van der Waals surface area contributed by atoms with Gasteiger partial charge in [-0.15, -0.1) is 0 Å². The van der Waals surface area contributed by atoms with Gasteiger partial charge in [-0.25, -0.2) is 4.39 Å². The van der Waals surface area contributed by atoms with Gasteiger partial charge in [0, 0.05) is 12.6 Å². The second-order valence-corrected chi connectivity index (χ2v) is 5.69. The van der Waals surface area contributed by atoms with E-state index in [-0.39, 0.29) is 6.04 Å². The molecule has 0 amide bonds. The molecule has 1 N–H and O–H groups in total. The van der Waals surface area contributed by atoms with E-state index in [1.807, 2.05) is 24.3 Å². The highest BCUT2D eigenvalue weighted by molar-refractivity contribution is 5.27. The normalized spacial score (nSPS) is 22.2. The zero-order valence-electron chi connectivity index (χ0n) is 12.3. The molecule has 0 bridgehead atoms. The molecule has 1 saturated heterocycles. The van der Waals surface area contributed by atoms with Gasteiger partial charge in [0.25, 0.3) is 0 Å². The fourth-order valence-electron chi connectivity index (χ4n) is 2.56. The summed E-state index contributed by atoms with van der Waals surface area (Å²) in [7, 11) is 1.65. The fraction of sp³-hybridized carbons (Fsp3) is 0.625. The fourth-order valence-corrected chi connectivity index (χ4v) is 2.56. The second-order valence-electron chi connectivity index (χ2n) is 5.69. The number of benzene rings is 1. The van der Waals surface area contributed by atoms with Crippen molar-refractivity contribution in [3.63, 3.8) is 0 Å². The van der Waals surface area contributed by atoms with Crippen molar-refractivity contribution in [1.82, 2.24) is 5.32 Å². The average Bonchev–Trinajstić information content (AvgIpc) is 2.46. The summed E-state index contributed by atoms with van der Waals surface area (Å²) >= 11 is 0. The van der Waals surface area contributed by atoms with Crippen molar-refractivity contribution >= 4 is 0 Å². The molecule has 2 rings (SSSR count). The molecule has 0 spiro atoms. The summed E-state index contributed by atoms with van der Waals surface area (Å²) in [4.78, 5) is 0. The Hall–Kier alpha value is -1.13. The molecule has 0 aliphatic carbocycles. The Balaban J connectivity index is 1.80. The van der Waals surface area contributed by atoms with Crippen molar-refractivity contribution in [2.24, 2.45) is 0 Å². The molecule has 0 aromatic heterocycles. The number of halogens is 1. The zero-order valence-corrected chi connectivity index (χ0v) is 12.3. The van der Waals surface area contributed by atoms with E-state index in [1.54, 1.807) is 14.0 Å². The minimum atomic E-state index is -1.17. The van der Waals surface area contributed by atoms with Crippen LogP contribution in [0.25, 0.3) is 0 Å². The summed E-state index contributed by atoms with van der Waals surface area (Å²) in [5, 5.41) is 3.31. The molecule has 2 unspecified atom stereocenters. The third-order valence-corrected chi connectivity index (χ3v) is 3.76. The Morgan fingerprint density at radius 1 is 1.40 bits per heavy atom. The number of rotatable bonds is 6. The zero-order chi connectivity index (χ0) is 14.4. The molecule has 0 radical (unpaired) electrons. The molecule has 1 heterocycles. The number of ether oxygens (including phenoxy) is 2. The highest BCUT2D eigenvalue weighted by Gasteiger charge is 2.28. The van der Waals surface area contributed by atoms with Crippen LogP contribution in [0.2, 0.25) is 0 Å². The van der Waals surface area contributed by atoms with E-state index in [0.29, 0.717) is 19.4 Å². The van der Waals surface area contributed by atoms with Gasteiger partial charge in [0.05, 0.1) is 20.3 Å². The van der Waals surface area contributed by atoms with Crippen LogP contribution in [0.5, 0.6) is 5.75 Å². The number of methoxy groups -OCH3 is 1. The van der Waals surface area contributed by atoms with Crippen molar-refractivity contribution in [2.45, 2.75) is 37.9 Å².